The minimum Gasteiger partial charge on any atom is -0.445 e. The molecular weight excluding hydrogens is 463 g/mol. The molecule has 0 atom stereocenters. The Morgan fingerprint density at radius 3 is 2.47 bits per heavy atom. The third-order valence-electron chi connectivity index (χ3n) is 2.35. The number of nitrogens with zero attached hydrogens (tertiary/aromatic N) is 2. The molecule has 0 aromatic carbocycles. The SMILES string of the molecule is CC(C)Cc1nc(-c2cc(Br)c(Br)o2)nc(Cl)c1Br. The van der Waals surface area contributed by atoms with Crippen LogP contribution < -0.4 is 0 Å². The van der Waals surface area contributed by atoms with Crippen molar-refractivity contribution >= 4 is 59.4 Å². The molecule has 0 unspecified atom stereocenters. The lowest BCUT2D eigenvalue weighted by Gasteiger charge is -2.08. The Morgan fingerprint density at radius 1 is 1.26 bits per heavy atom. The number of aromatic nitrogens is 2. The van der Waals surface area contributed by atoms with Crippen molar-refractivity contribution in [2.45, 2.75) is 20.3 Å². The Bertz CT molecular complexity index is 594. The van der Waals surface area contributed by atoms with Gasteiger partial charge in [-0.15, -0.1) is 0 Å². The molecule has 0 N–H and O–H groups in total. The zero-order valence-corrected chi connectivity index (χ0v) is 15.7. The van der Waals surface area contributed by atoms with Crippen LogP contribution in [0.2, 0.25) is 5.15 Å². The van der Waals surface area contributed by atoms with E-state index in [-0.39, 0.29) is 0 Å². The monoisotopic (exact) mass is 470 g/mol. The molecule has 0 fully saturated rings. The van der Waals surface area contributed by atoms with Gasteiger partial charge in [-0.1, -0.05) is 25.4 Å². The molecule has 0 saturated heterocycles. The highest BCUT2D eigenvalue weighted by Crippen LogP contribution is 2.33. The second-order valence-electron chi connectivity index (χ2n) is 4.43. The molecule has 0 amide bonds. The maximum absolute atomic E-state index is 6.14. The summed E-state index contributed by atoms with van der Waals surface area (Å²) in [5.41, 5.74) is 0.883. The first kappa shape index (κ1) is 15.5. The predicted octanol–water partition coefficient (Wildman–Crippen LogP) is 5.88. The van der Waals surface area contributed by atoms with E-state index in [1.807, 2.05) is 6.07 Å². The van der Waals surface area contributed by atoms with E-state index < -0.39 is 0 Å². The standard InChI is InChI=1S/C12H10Br3ClN2O/c1-5(2)3-7-9(14)11(16)18-12(17-7)8-4-6(13)10(15)19-8/h4-5H,3H2,1-2H3. The van der Waals surface area contributed by atoms with Crippen LogP contribution in [0.1, 0.15) is 19.5 Å². The molecule has 2 aromatic rings. The van der Waals surface area contributed by atoms with Crippen molar-refractivity contribution in [1.29, 1.82) is 0 Å². The quantitative estimate of drug-likeness (QED) is 0.523. The van der Waals surface area contributed by atoms with E-state index in [9.17, 15) is 0 Å². The summed E-state index contributed by atoms with van der Waals surface area (Å²) in [5, 5.41) is 0.393. The first-order chi connectivity index (χ1) is 8.88. The van der Waals surface area contributed by atoms with Crippen molar-refractivity contribution in [3.05, 3.63) is 30.5 Å². The van der Waals surface area contributed by atoms with Crippen LogP contribution in [0.3, 0.4) is 0 Å². The van der Waals surface area contributed by atoms with Crippen molar-refractivity contribution in [3.8, 4) is 11.6 Å². The van der Waals surface area contributed by atoms with E-state index in [4.69, 9.17) is 16.0 Å². The van der Waals surface area contributed by atoms with Gasteiger partial charge in [0.05, 0.1) is 14.6 Å². The van der Waals surface area contributed by atoms with E-state index in [2.05, 4.69) is 71.6 Å². The molecule has 3 nitrogen and oxygen atoms in total. The van der Waals surface area contributed by atoms with Crippen LogP contribution in [0.4, 0.5) is 0 Å². The Kier molecular flexibility index (Phi) is 5.09. The lowest BCUT2D eigenvalue weighted by atomic mass is 10.1. The highest BCUT2D eigenvalue weighted by atomic mass is 79.9. The molecule has 7 heteroatoms. The van der Waals surface area contributed by atoms with Crippen LogP contribution in [0, 0.1) is 5.92 Å². The van der Waals surface area contributed by atoms with Crippen LogP contribution in [0.15, 0.2) is 24.1 Å². The molecule has 0 bridgehead atoms. The summed E-state index contributed by atoms with van der Waals surface area (Å²) >= 11 is 16.2. The molecule has 2 heterocycles. The Hall–Kier alpha value is 0.0900. The van der Waals surface area contributed by atoms with Gasteiger partial charge in [0, 0.05) is 6.07 Å². The molecule has 0 aliphatic heterocycles. The van der Waals surface area contributed by atoms with Gasteiger partial charge in [0.1, 0.15) is 5.15 Å². The summed E-state index contributed by atoms with van der Waals surface area (Å²) in [4.78, 5) is 8.76. The van der Waals surface area contributed by atoms with Gasteiger partial charge in [-0.05, 0) is 60.1 Å². The number of furan rings is 1. The molecule has 102 valence electrons. The van der Waals surface area contributed by atoms with Gasteiger partial charge in [0.2, 0.25) is 0 Å². The molecule has 0 saturated carbocycles. The van der Waals surface area contributed by atoms with E-state index in [0.717, 1.165) is 21.1 Å². The van der Waals surface area contributed by atoms with Gasteiger partial charge < -0.3 is 4.42 Å². The molecular formula is C12H10Br3ClN2O. The van der Waals surface area contributed by atoms with E-state index >= 15 is 0 Å². The third-order valence-corrected chi connectivity index (χ3v) is 5.39. The fraction of sp³-hybridized carbons (Fsp3) is 0.333. The highest BCUT2D eigenvalue weighted by molar-refractivity contribution is 9.13. The minimum atomic E-state index is 0.393. The molecule has 2 rings (SSSR count). The normalized spacial score (nSPS) is 11.3. The lowest BCUT2D eigenvalue weighted by molar-refractivity contribution is 0.548. The summed E-state index contributed by atoms with van der Waals surface area (Å²) in [6.45, 7) is 4.25. The number of hydrogen-bond donors (Lipinski definition) is 0. The smallest absolute Gasteiger partial charge is 0.197 e. The average molecular weight is 473 g/mol. The minimum absolute atomic E-state index is 0.393. The van der Waals surface area contributed by atoms with Crippen molar-refractivity contribution in [1.82, 2.24) is 9.97 Å². The van der Waals surface area contributed by atoms with Crippen molar-refractivity contribution in [2.75, 3.05) is 0 Å². The number of halogens is 4. The van der Waals surface area contributed by atoms with Gasteiger partial charge in [-0.3, -0.25) is 0 Å². The number of hydrogen-bond acceptors (Lipinski definition) is 3. The fourth-order valence-corrected chi connectivity index (χ4v) is 2.66. The third kappa shape index (κ3) is 3.60. The van der Waals surface area contributed by atoms with Gasteiger partial charge in [-0.2, -0.15) is 0 Å². The summed E-state index contributed by atoms with van der Waals surface area (Å²) in [7, 11) is 0. The average Bonchev–Trinajstić information content (AvgIpc) is 2.65. The van der Waals surface area contributed by atoms with Crippen molar-refractivity contribution < 1.29 is 4.42 Å². The van der Waals surface area contributed by atoms with Crippen LogP contribution in [0.5, 0.6) is 0 Å². The summed E-state index contributed by atoms with van der Waals surface area (Å²) in [6, 6.07) is 1.81. The Morgan fingerprint density at radius 2 is 1.95 bits per heavy atom. The Balaban J connectivity index is 2.49. The van der Waals surface area contributed by atoms with E-state index in [1.165, 1.54) is 0 Å². The van der Waals surface area contributed by atoms with Crippen LogP contribution in [-0.2, 0) is 6.42 Å². The van der Waals surface area contributed by atoms with Crippen molar-refractivity contribution in [2.24, 2.45) is 5.92 Å². The molecule has 2 aromatic heterocycles. The first-order valence-electron chi connectivity index (χ1n) is 5.55. The molecule has 19 heavy (non-hydrogen) atoms. The fourth-order valence-electron chi connectivity index (χ4n) is 1.55. The second kappa shape index (κ2) is 6.24. The predicted molar refractivity (Wildman–Crippen MR) is 86.4 cm³/mol. The summed E-state index contributed by atoms with van der Waals surface area (Å²) in [6.07, 6.45) is 0.818. The van der Waals surface area contributed by atoms with E-state index in [0.29, 0.717) is 27.3 Å². The van der Waals surface area contributed by atoms with Crippen LogP contribution >= 0.6 is 59.4 Å². The summed E-state index contributed by atoms with van der Waals surface area (Å²) in [5.74, 6) is 1.53. The molecule has 0 aliphatic rings. The van der Waals surface area contributed by atoms with Gasteiger partial charge in [0.15, 0.2) is 16.3 Å². The van der Waals surface area contributed by atoms with Gasteiger partial charge in [0.25, 0.3) is 0 Å². The maximum Gasteiger partial charge on any atom is 0.197 e. The molecule has 0 radical (unpaired) electrons. The van der Waals surface area contributed by atoms with Crippen LogP contribution in [0.25, 0.3) is 11.6 Å². The molecule has 0 spiro atoms. The number of rotatable bonds is 3. The van der Waals surface area contributed by atoms with Crippen LogP contribution in [-0.4, -0.2) is 9.97 Å². The van der Waals surface area contributed by atoms with Crippen molar-refractivity contribution in [3.63, 3.8) is 0 Å². The van der Waals surface area contributed by atoms with E-state index in [1.54, 1.807) is 0 Å². The second-order valence-corrected chi connectivity index (χ2v) is 7.15. The van der Waals surface area contributed by atoms with Gasteiger partial charge >= 0.3 is 0 Å². The summed E-state index contributed by atoms with van der Waals surface area (Å²) < 4.78 is 7.69. The highest BCUT2D eigenvalue weighted by Gasteiger charge is 2.16. The lowest BCUT2D eigenvalue weighted by Crippen LogP contribution is -2.02. The van der Waals surface area contributed by atoms with Gasteiger partial charge in [-0.25, -0.2) is 9.97 Å². The molecule has 0 aliphatic carbocycles. The Labute approximate surface area is 141 Å². The zero-order chi connectivity index (χ0) is 14.2. The largest absolute Gasteiger partial charge is 0.445 e. The zero-order valence-electron chi connectivity index (χ0n) is 10.2. The first-order valence-corrected chi connectivity index (χ1v) is 8.31. The topological polar surface area (TPSA) is 38.9 Å². The maximum atomic E-state index is 6.14.